The highest BCUT2D eigenvalue weighted by Gasteiger charge is 2.34. The topological polar surface area (TPSA) is 21.3 Å². The smallest absolute Gasteiger partial charge is 0.123 e. The first-order valence-corrected chi connectivity index (χ1v) is 7.27. The summed E-state index contributed by atoms with van der Waals surface area (Å²) in [5.74, 6) is 0.395. The zero-order valence-electron chi connectivity index (χ0n) is 11.5. The maximum Gasteiger partial charge on any atom is 0.123 e. The molecule has 1 N–H and O–H groups in total. The molecule has 1 heterocycles. The normalized spacial score (nSPS) is 34.2. The minimum absolute atomic E-state index is 0.0317. The highest BCUT2D eigenvalue weighted by atomic mass is 19.1. The predicted octanol–water partition coefficient (Wildman–Crippen LogP) is 3.23. The van der Waals surface area contributed by atoms with Gasteiger partial charge in [-0.05, 0) is 56.2 Å². The third-order valence-electron chi connectivity index (χ3n) is 4.52. The molecule has 0 bridgehead atoms. The van der Waals surface area contributed by atoms with E-state index >= 15 is 0 Å². The Morgan fingerprint density at radius 3 is 2.95 bits per heavy atom. The Morgan fingerprint density at radius 1 is 1.42 bits per heavy atom. The van der Waals surface area contributed by atoms with Gasteiger partial charge in [-0.25, -0.2) is 4.39 Å². The van der Waals surface area contributed by atoms with Gasteiger partial charge in [0.15, 0.2) is 0 Å². The summed E-state index contributed by atoms with van der Waals surface area (Å²) < 4.78 is 18.9. The van der Waals surface area contributed by atoms with Gasteiger partial charge in [-0.3, -0.25) is 0 Å². The molecule has 1 saturated carbocycles. The van der Waals surface area contributed by atoms with Crippen molar-refractivity contribution in [3.05, 3.63) is 35.6 Å². The molecule has 104 valence electrons. The van der Waals surface area contributed by atoms with Crippen molar-refractivity contribution >= 4 is 0 Å². The van der Waals surface area contributed by atoms with Gasteiger partial charge in [0, 0.05) is 19.2 Å². The van der Waals surface area contributed by atoms with Crippen LogP contribution in [0.4, 0.5) is 4.39 Å². The number of benzene rings is 1. The van der Waals surface area contributed by atoms with Gasteiger partial charge >= 0.3 is 0 Å². The Bertz CT molecular complexity index is 436. The Labute approximate surface area is 114 Å². The molecule has 1 aliphatic carbocycles. The van der Waals surface area contributed by atoms with Crippen LogP contribution in [-0.4, -0.2) is 24.8 Å². The van der Waals surface area contributed by atoms with Crippen LogP contribution in [0.15, 0.2) is 24.3 Å². The average Bonchev–Trinajstić information content (AvgIpc) is 2.74. The van der Waals surface area contributed by atoms with Crippen molar-refractivity contribution in [2.45, 2.75) is 50.2 Å². The zero-order chi connectivity index (χ0) is 13.3. The highest BCUT2D eigenvalue weighted by molar-refractivity contribution is 5.23. The molecule has 0 aromatic heterocycles. The first kappa shape index (κ1) is 13.1. The fourth-order valence-electron chi connectivity index (χ4n) is 3.15. The molecule has 0 spiro atoms. The summed E-state index contributed by atoms with van der Waals surface area (Å²) in [7, 11) is 0. The fourth-order valence-corrected chi connectivity index (χ4v) is 3.15. The van der Waals surface area contributed by atoms with E-state index in [0.717, 1.165) is 38.0 Å². The summed E-state index contributed by atoms with van der Waals surface area (Å²) in [6.07, 6.45) is 4.55. The summed E-state index contributed by atoms with van der Waals surface area (Å²) in [6, 6.07) is 7.58. The van der Waals surface area contributed by atoms with E-state index in [1.165, 1.54) is 12.5 Å². The Morgan fingerprint density at radius 2 is 2.26 bits per heavy atom. The van der Waals surface area contributed by atoms with Crippen LogP contribution in [0.3, 0.4) is 0 Å². The minimum atomic E-state index is -0.124. The molecule has 1 aromatic rings. The van der Waals surface area contributed by atoms with E-state index in [2.05, 4.69) is 12.2 Å². The van der Waals surface area contributed by atoms with Gasteiger partial charge in [0.2, 0.25) is 0 Å². The van der Waals surface area contributed by atoms with Crippen LogP contribution < -0.4 is 5.32 Å². The molecule has 1 unspecified atom stereocenters. The quantitative estimate of drug-likeness (QED) is 0.900. The van der Waals surface area contributed by atoms with E-state index in [1.54, 1.807) is 12.1 Å². The monoisotopic (exact) mass is 263 g/mol. The molecule has 19 heavy (non-hydrogen) atoms. The maximum absolute atomic E-state index is 13.2. The molecule has 1 aliphatic heterocycles. The highest BCUT2D eigenvalue weighted by Crippen LogP contribution is 2.37. The first-order valence-electron chi connectivity index (χ1n) is 7.27. The second-order valence-corrected chi connectivity index (χ2v) is 6.20. The Balaban J connectivity index is 1.45. The van der Waals surface area contributed by atoms with Crippen molar-refractivity contribution in [1.29, 1.82) is 0 Å². The number of ether oxygens (including phenoxy) is 1. The van der Waals surface area contributed by atoms with Crippen LogP contribution in [0.5, 0.6) is 0 Å². The van der Waals surface area contributed by atoms with Gasteiger partial charge in [-0.2, -0.15) is 0 Å². The molecular weight excluding hydrogens is 241 g/mol. The molecule has 1 atom stereocenters. The van der Waals surface area contributed by atoms with E-state index in [4.69, 9.17) is 4.74 Å². The second kappa shape index (κ2) is 5.22. The van der Waals surface area contributed by atoms with Crippen LogP contribution in [0.2, 0.25) is 0 Å². The molecule has 2 nitrogen and oxygen atoms in total. The van der Waals surface area contributed by atoms with Crippen LogP contribution >= 0.6 is 0 Å². The molecule has 1 saturated heterocycles. The van der Waals surface area contributed by atoms with E-state index in [-0.39, 0.29) is 11.4 Å². The third kappa shape index (κ3) is 2.98. The van der Waals surface area contributed by atoms with Crippen molar-refractivity contribution < 1.29 is 9.13 Å². The standard InChI is InChI=1S/C16H22FNO/c1-16(6-3-7-19-16)11-18-15-9-13(10-15)12-4-2-5-14(17)8-12/h2,4-5,8,13,15,18H,3,6-7,9-11H2,1H3. The first-order chi connectivity index (χ1) is 9.15. The van der Waals surface area contributed by atoms with Crippen molar-refractivity contribution in [2.75, 3.05) is 13.2 Å². The summed E-state index contributed by atoms with van der Waals surface area (Å²) in [5, 5.41) is 3.60. The van der Waals surface area contributed by atoms with Crippen LogP contribution in [0.1, 0.15) is 44.1 Å². The maximum atomic E-state index is 13.2. The lowest BCUT2D eigenvalue weighted by Crippen LogP contribution is -2.47. The lowest BCUT2D eigenvalue weighted by molar-refractivity contribution is 0.0158. The Hall–Kier alpha value is -0.930. The largest absolute Gasteiger partial charge is 0.374 e. The predicted molar refractivity (Wildman–Crippen MR) is 73.8 cm³/mol. The minimum Gasteiger partial charge on any atom is -0.374 e. The number of nitrogens with one attached hydrogen (secondary N) is 1. The van der Waals surface area contributed by atoms with Crippen LogP contribution in [0.25, 0.3) is 0 Å². The van der Waals surface area contributed by atoms with Gasteiger partial charge in [-0.15, -0.1) is 0 Å². The SMILES string of the molecule is CC1(CNC2CC(c3cccc(F)c3)C2)CCCO1. The second-order valence-electron chi connectivity index (χ2n) is 6.20. The van der Waals surface area contributed by atoms with E-state index < -0.39 is 0 Å². The molecule has 2 aliphatic rings. The summed E-state index contributed by atoms with van der Waals surface area (Å²) in [6.45, 7) is 4.03. The number of hydrogen-bond donors (Lipinski definition) is 1. The molecular formula is C16H22FNO. The number of rotatable bonds is 4. The van der Waals surface area contributed by atoms with E-state index in [9.17, 15) is 4.39 Å². The molecule has 1 aromatic carbocycles. The van der Waals surface area contributed by atoms with E-state index in [1.807, 2.05) is 6.07 Å². The average molecular weight is 263 g/mol. The third-order valence-corrected chi connectivity index (χ3v) is 4.52. The summed E-state index contributed by atoms with van der Waals surface area (Å²) in [5.41, 5.74) is 1.17. The van der Waals surface area contributed by atoms with Crippen LogP contribution in [-0.2, 0) is 4.74 Å². The van der Waals surface area contributed by atoms with Crippen molar-refractivity contribution in [3.63, 3.8) is 0 Å². The molecule has 2 fully saturated rings. The lowest BCUT2D eigenvalue weighted by atomic mass is 9.75. The molecule has 3 heteroatoms. The Kier molecular flexibility index (Phi) is 3.59. The zero-order valence-corrected chi connectivity index (χ0v) is 11.5. The fraction of sp³-hybridized carbons (Fsp3) is 0.625. The van der Waals surface area contributed by atoms with E-state index in [0.29, 0.717) is 12.0 Å². The van der Waals surface area contributed by atoms with Crippen molar-refractivity contribution in [1.82, 2.24) is 5.32 Å². The number of halogens is 1. The molecule has 3 rings (SSSR count). The van der Waals surface area contributed by atoms with Gasteiger partial charge in [-0.1, -0.05) is 12.1 Å². The van der Waals surface area contributed by atoms with Gasteiger partial charge in [0.05, 0.1) is 5.60 Å². The van der Waals surface area contributed by atoms with Gasteiger partial charge < -0.3 is 10.1 Å². The lowest BCUT2D eigenvalue weighted by Gasteiger charge is -2.38. The number of hydrogen-bond acceptors (Lipinski definition) is 2. The van der Waals surface area contributed by atoms with Gasteiger partial charge in [0.25, 0.3) is 0 Å². The molecule has 0 radical (unpaired) electrons. The van der Waals surface area contributed by atoms with Crippen molar-refractivity contribution in [3.8, 4) is 0 Å². The summed E-state index contributed by atoms with van der Waals surface area (Å²) >= 11 is 0. The molecule has 0 amide bonds. The van der Waals surface area contributed by atoms with Crippen molar-refractivity contribution in [2.24, 2.45) is 0 Å². The van der Waals surface area contributed by atoms with Crippen LogP contribution in [0, 0.1) is 5.82 Å². The summed E-state index contributed by atoms with van der Waals surface area (Å²) in [4.78, 5) is 0. The van der Waals surface area contributed by atoms with Gasteiger partial charge in [0.1, 0.15) is 5.82 Å².